The van der Waals surface area contributed by atoms with Crippen LogP contribution in [0.1, 0.15) is 19.1 Å². The third-order valence-corrected chi connectivity index (χ3v) is 4.23. The van der Waals surface area contributed by atoms with Crippen LogP contribution in [0.2, 0.25) is 0 Å². The smallest absolute Gasteiger partial charge is 0.134 e. The summed E-state index contributed by atoms with van der Waals surface area (Å²) < 4.78 is 6.01. The summed E-state index contributed by atoms with van der Waals surface area (Å²) in [5.41, 5.74) is 1.15. The standard InChI is InChI=1S/C18H24N2O/c1-2-19-11-6-12-20(14-13-19)15-17-9-10-18(21-17)16-7-4-3-5-8-16/h3-5,7-10H,2,6,11-15H2,1H3. The molecular weight excluding hydrogens is 260 g/mol. The second-order valence-electron chi connectivity index (χ2n) is 5.70. The highest BCUT2D eigenvalue weighted by Crippen LogP contribution is 2.22. The van der Waals surface area contributed by atoms with Gasteiger partial charge in [0.05, 0.1) is 6.54 Å². The van der Waals surface area contributed by atoms with Gasteiger partial charge in [-0.05, 0) is 38.2 Å². The molecule has 0 unspecified atom stereocenters. The van der Waals surface area contributed by atoms with E-state index in [1.807, 2.05) is 18.2 Å². The quantitative estimate of drug-likeness (QED) is 0.857. The monoisotopic (exact) mass is 284 g/mol. The number of furan rings is 1. The molecule has 0 spiro atoms. The molecule has 1 aromatic carbocycles. The van der Waals surface area contributed by atoms with Crippen molar-refractivity contribution in [3.63, 3.8) is 0 Å². The fourth-order valence-corrected chi connectivity index (χ4v) is 2.94. The Bertz CT molecular complexity index is 549. The van der Waals surface area contributed by atoms with E-state index in [-0.39, 0.29) is 0 Å². The third-order valence-electron chi connectivity index (χ3n) is 4.23. The van der Waals surface area contributed by atoms with Crippen molar-refractivity contribution in [1.82, 2.24) is 9.80 Å². The maximum absolute atomic E-state index is 6.01. The van der Waals surface area contributed by atoms with E-state index in [0.29, 0.717) is 0 Å². The molecule has 1 aliphatic rings. The number of hydrogen-bond acceptors (Lipinski definition) is 3. The molecular formula is C18H24N2O. The van der Waals surface area contributed by atoms with Gasteiger partial charge < -0.3 is 9.32 Å². The Labute approximate surface area is 127 Å². The largest absolute Gasteiger partial charge is 0.460 e. The number of rotatable bonds is 4. The maximum Gasteiger partial charge on any atom is 0.134 e. The Morgan fingerprint density at radius 2 is 1.67 bits per heavy atom. The van der Waals surface area contributed by atoms with Gasteiger partial charge in [0.2, 0.25) is 0 Å². The highest BCUT2D eigenvalue weighted by molar-refractivity contribution is 5.57. The van der Waals surface area contributed by atoms with Gasteiger partial charge in [-0.25, -0.2) is 0 Å². The fraction of sp³-hybridized carbons (Fsp3) is 0.444. The predicted octanol–water partition coefficient (Wildman–Crippen LogP) is 3.47. The minimum Gasteiger partial charge on any atom is -0.460 e. The molecule has 0 saturated carbocycles. The van der Waals surface area contributed by atoms with Crippen LogP contribution in [0, 0.1) is 0 Å². The van der Waals surface area contributed by atoms with Crippen LogP contribution in [0.5, 0.6) is 0 Å². The van der Waals surface area contributed by atoms with Gasteiger partial charge in [0.15, 0.2) is 0 Å². The second kappa shape index (κ2) is 6.92. The van der Waals surface area contributed by atoms with E-state index in [1.54, 1.807) is 0 Å². The predicted molar refractivity (Wildman–Crippen MR) is 86.2 cm³/mol. The molecule has 0 radical (unpaired) electrons. The van der Waals surface area contributed by atoms with Gasteiger partial charge in [0.25, 0.3) is 0 Å². The summed E-state index contributed by atoms with van der Waals surface area (Å²) >= 11 is 0. The van der Waals surface area contributed by atoms with Crippen LogP contribution in [0.15, 0.2) is 46.9 Å². The first-order valence-electron chi connectivity index (χ1n) is 7.94. The number of likely N-dealkylation sites (N-methyl/N-ethyl adjacent to an activating group) is 1. The van der Waals surface area contributed by atoms with Gasteiger partial charge >= 0.3 is 0 Å². The molecule has 112 valence electrons. The summed E-state index contributed by atoms with van der Waals surface area (Å²) in [5, 5.41) is 0. The van der Waals surface area contributed by atoms with Crippen LogP contribution in [0.25, 0.3) is 11.3 Å². The summed E-state index contributed by atoms with van der Waals surface area (Å²) in [4.78, 5) is 5.03. The van der Waals surface area contributed by atoms with Crippen molar-refractivity contribution in [3.05, 3.63) is 48.2 Å². The van der Waals surface area contributed by atoms with E-state index < -0.39 is 0 Å². The summed E-state index contributed by atoms with van der Waals surface area (Å²) in [6, 6.07) is 14.5. The summed E-state index contributed by atoms with van der Waals surface area (Å²) in [6.07, 6.45) is 1.25. The zero-order valence-corrected chi connectivity index (χ0v) is 12.8. The molecule has 0 atom stereocenters. The Hall–Kier alpha value is -1.58. The van der Waals surface area contributed by atoms with Crippen LogP contribution in [0.3, 0.4) is 0 Å². The Morgan fingerprint density at radius 1 is 0.905 bits per heavy atom. The van der Waals surface area contributed by atoms with E-state index >= 15 is 0 Å². The first kappa shape index (κ1) is 14.4. The highest BCUT2D eigenvalue weighted by Gasteiger charge is 2.15. The second-order valence-corrected chi connectivity index (χ2v) is 5.70. The average molecular weight is 284 g/mol. The lowest BCUT2D eigenvalue weighted by Crippen LogP contribution is -2.30. The molecule has 3 rings (SSSR count). The van der Waals surface area contributed by atoms with Crippen molar-refractivity contribution >= 4 is 0 Å². The van der Waals surface area contributed by atoms with E-state index in [2.05, 4.69) is 41.0 Å². The lowest BCUT2D eigenvalue weighted by Gasteiger charge is -2.19. The van der Waals surface area contributed by atoms with Crippen molar-refractivity contribution in [3.8, 4) is 11.3 Å². The van der Waals surface area contributed by atoms with Gasteiger partial charge in [-0.15, -0.1) is 0 Å². The Kier molecular flexibility index (Phi) is 4.73. The van der Waals surface area contributed by atoms with Crippen LogP contribution in [0.4, 0.5) is 0 Å². The molecule has 2 heterocycles. The number of benzene rings is 1. The summed E-state index contributed by atoms with van der Waals surface area (Å²) in [7, 11) is 0. The van der Waals surface area contributed by atoms with Crippen molar-refractivity contribution < 1.29 is 4.42 Å². The zero-order chi connectivity index (χ0) is 14.5. The molecule has 1 aliphatic heterocycles. The Balaban J connectivity index is 1.62. The van der Waals surface area contributed by atoms with Crippen molar-refractivity contribution in [2.75, 3.05) is 32.7 Å². The molecule has 0 bridgehead atoms. The number of hydrogen-bond donors (Lipinski definition) is 0. The minimum absolute atomic E-state index is 0.921. The Morgan fingerprint density at radius 3 is 2.48 bits per heavy atom. The van der Waals surface area contributed by atoms with Crippen LogP contribution in [-0.2, 0) is 6.54 Å². The molecule has 0 N–H and O–H groups in total. The minimum atomic E-state index is 0.921. The molecule has 1 saturated heterocycles. The maximum atomic E-state index is 6.01. The topological polar surface area (TPSA) is 19.6 Å². The van der Waals surface area contributed by atoms with Crippen molar-refractivity contribution in [1.29, 1.82) is 0 Å². The van der Waals surface area contributed by atoms with Gasteiger partial charge in [-0.2, -0.15) is 0 Å². The fourth-order valence-electron chi connectivity index (χ4n) is 2.94. The van der Waals surface area contributed by atoms with Crippen LogP contribution in [-0.4, -0.2) is 42.5 Å². The van der Waals surface area contributed by atoms with Crippen LogP contribution < -0.4 is 0 Å². The molecule has 3 heteroatoms. The van der Waals surface area contributed by atoms with E-state index in [9.17, 15) is 0 Å². The lowest BCUT2D eigenvalue weighted by atomic mass is 10.2. The van der Waals surface area contributed by atoms with Crippen LogP contribution >= 0.6 is 0 Å². The molecule has 1 fully saturated rings. The summed E-state index contributed by atoms with van der Waals surface area (Å²) in [5.74, 6) is 2.04. The van der Waals surface area contributed by atoms with Gasteiger partial charge in [0, 0.05) is 18.7 Å². The van der Waals surface area contributed by atoms with Gasteiger partial charge in [0.1, 0.15) is 11.5 Å². The van der Waals surface area contributed by atoms with E-state index in [4.69, 9.17) is 4.42 Å². The molecule has 1 aromatic heterocycles. The zero-order valence-electron chi connectivity index (χ0n) is 12.8. The highest BCUT2D eigenvalue weighted by atomic mass is 16.3. The molecule has 21 heavy (non-hydrogen) atoms. The van der Waals surface area contributed by atoms with E-state index in [1.165, 1.54) is 19.5 Å². The molecule has 2 aromatic rings. The third kappa shape index (κ3) is 3.74. The SMILES string of the molecule is CCN1CCCN(Cc2ccc(-c3ccccc3)o2)CC1. The molecule has 3 nitrogen and oxygen atoms in total. The molecule has 0 amide bonds. The normalized spacial score (nSPS) is 17.8. The summed E-state index contributed by atoms with van der Waals surface area (Å²) in [6.45, 7) is 9.02. The number of nitrogens with zero attached hydrogens (tertiary/aromatic N) is 2. The van der Waals surface area contributed by atoms with Crippen molar-refractivity contribution in [2.24, 2.45) is 0 Å². The first-order valence-corrected chi connectivity index (χ1v) is 7.94. The van der Waals surface area contributed by atoms with Gasteiger partial charge in [-0.3, -0.25) is 4.90 Å². The van der Waals surface area contributed by atoms with Gasteiger partial charge in [-0.1, -0.05) is 37.3 Å². The molecule has 0 aliphatic carbocycles. The lowest BCUT2D eigenvalue weighted by molar-refractivity contribution is 0.242. The van der Waals surface area contributed by atoms with E-state index in [0.717, 1.165) is 43.3 Å². The van der Waals surface area contributed by atoms with Crippen molar-refractivity contribution in [2.45, 2.75) is 19.9 Å². The average Bonchev–Trinajstić information content (AvgIpc) is 2.87. The first-order chi connectivity index (χ1) is 10.3.